The predicted octanol–water partition coefficient (Wildman–Crippen LogP) is 2.12. The Kier molecular flexibility index (Phi) is 5.53. The Morgan fingerprint density at radius 2 is 2.16 bits per heavy atom. The minimum atomic E-state index is -3.18. The fourth-order valence-corrected chi connectivity index (χ4v) is 4.10. The van der Waals surface area contributed by atoms with Gasteiger partial charge >= 0.3 is 0 Å². The van der Waals surface area contributed by atoms with E-state index in [2.05, 4.69) is 11.6 Å². The van der Waals surface area contributed by atoms with Gasteiger partial charge in [-0.05, 0) is 43.2 Å². The highest BCUT2D eigenvalue weighted by molar-refractivity contribution is 7.88. The van der Waals surface area contributed by atoms with Crippen molar-refractivity contribution >= 4 is 15.9 Å². The molecule has 1 aliphatic heterocycles. The number of amides is 1. The highest BCUT2D eigenvalue weighted by Gasteiger charge is 2.36. The lowest BCUT2D eigenvalue weighted by molar-refractivity contribution is -0.133. The zero-order valence-corrected chi connectivity index (χ0v) is 15.8. The number of sulfonamides is 1. The third-order valence-electron chi connectivity index (χ3n) is 5.25. The van der Waals surface area contributed by atoms with Crippen LogP contribution in [0.15, 0.2) is 16.5 Å². The van der Waals surface area contributed by atoms with E-state index in [0.717, 1.165) is 30.9 Å². The number of hydrogen-bond donors (Lipinski definition) is 1. The van der Waals surface area contributed by atoms with Crippen molar-refractivity contribution < 1.29 is 17.6 Å². The molecule has 1 aromatic rings. The molecule has 3 rings (SSSR count). The molecule has 1 saturated carbocycles. The van der Waals surface area contributed by atoms with Crippen molar-refractivity contribution in [3.8, 4) is 0 Å². The fourth-order valence-electron chi connectivity index (χ4n) is 3.56. The maximum Gasteiger partial charge on any atom is 0.223 e. The van der Waals surface area contributed by atoms with Gasteiger partial charge < -0.3 is 9.32 Å². The van der Waals surface area contributed by atoms with Crippen molar-refractivity contribution in [3.05, 3.63) is 23.7 Å². The molecule has 0 unspecified atom stereocenters. The number of piperidine rings is 1. The summed E-state index contributed by atoms with van der Waals surface area (Å²) in [4.78, 5) is 14.3. The molecular weight excluding hydrogens is 340 g/mol. The Hall–Kier alpha value is -1.34. The lowest BCUT2D eigenvalue weighted by Gasteiger charge is -2.32. The quantitative estimate of drug-likeness (QED) is 0.799. The summed E-state index contributed by atoms with van der Waals surface area (Å²) in [5.74, 6) is 3.54. The first kappa shape index (κ1) is 18.5. The van der Waals surface area contributed by atoms with Crippen molar-refractivity contribution in [2.75, 3.05) is 25.9 Å². The molecule has 1 amide bonds. The molecule has 1 aromatic heterocycles. The van der Waals surface area contributed by atoms with Gasteiger partial charge in [0.25, 0.3) is 0 Å². The van der Waals surface area contributed by atoms with E-state index in [-0.39, 0.29) is 11.8 Å². The molecule has 0 spiro atoms. The topological polar surface area (TPSA) is 79.6 Å². The summed E-state index contributed by atoms with van der Waals surface area (Å²) in [5.41, 5.74) is 0. The lowest BCUT2D eigenvalue weighted by atomic mass is 9.98. The van der Waals surface area contributed by atoms with Crippen LogP contribution in [-0.2, 0) is 21.2 Å². The van der Waals surface area contributed by atoms with Crippen LogP contribution in [0.3, 0.4) is 0 Å². The van der Waals surface area contributed by atoms with Gasteiger partial charge in [-0.15, -0.1) is 0 Å². The van der Waals surface area contributed by atoms with Crippen LogP contribution in [0.4, 0.5) is 0 Å². The van der Waals surface area contributed by atoms with Crippen molar-refractivity contribution in [2.45, 2.75) is 44.9 Å². The van der Waals surface area contributed by atoms with Crippen LogP contribution in [0.2, 0.25) is 0 Å². The maximum atomic E-state index is 12.5. The van der Waals surface area contributed by atoms with E-state index >= 15 is 0 Å². The highest BCUT2D eigenvalue weighted by Crippen LogP contribution is 2.47. The molecule has 2 aliphatic rings. The maximum absolute atomic E-state index is 12.5. The standard InChI is InChI=1S/C18H28N2O4S/c1-13-10-16(13)17-7-5-15(24-17)6-8-18(21)20-9-3-4-14(12-20)11-19-25(2,22)23/h5,7,13-14,16,19H,3-4,6,8-12H2,1-2H3/t13-,14-,16-/m1/s1. The molecule has 140 valence electrons. The summed E-state index contributed by atoms with van der Waals surface area (Å²) in [7, 11) is -3.18. The molecule has 7 heteroatoms. The van der Waals surface area contributed by atoms with Crippen molar-refractivity contribution in [1.82, 2.24) is 9.62 Å². The molecule has 0 radical (unpaired) electrons. The summed E-state index contributed by atoms with van der Waals surface area (Å²) < 4.78 is 30.9. The minimum absolute atomic E-state index is 0.127. The molecule has 0 bridgehead atoms. The number of nitrogens with one attached hydrogen (secondary N) is 1. The predicted molar refractivity (Wildman–Crippen MR) is 95.7 cm³/mol. The number of carbonyl (C=O) groups is 1. The van der Waals surface area contributed by atoms with Gasteiger partial charge in [-0.1, -0.05) is 6.92 Å². The first-order valence-electron chi connectivity index (χ1n) is 9.13. The Bertz CT molecular complexity index is 712. The van der Waals surface area contributed by atoms with Crippen LogP contribution >= 0.6 is 0 Å². The zero-order valence-electron chi connectivity index (χ0n) is 15.0. The second-order valence-electron chi connectivity index (χ2n) is 7.59. The summed E-state index contributed by atoms with van der Waals surface area (Å²) in [6, 6.07) is 4.03. The summed E-state index contributed by atoms with van der Waals surface area (Å²) >= 11 is 0. The Morgan fingerprint density at radius 3 is 2.84 bits per heavy atom. The fraction of sp³-hybridized carbons (Fsp3) is 0.722. The second-order valence-corrected chi connectivity index (χ2v) is 9.43. The molecular formula is C18H28N2O4S. The van der Waals surface area contributed by atoms with Crippen LogP contribution in [0.25, 0.3) is 0 Å². The number of rotatable bonds is 7. The van der Waals surface area contributed by atoms with Crippen LogP contribution in [0.5, 0.6) is 0 Å². The van der Waals surface area contributed by atoms with Crippen LogP contribution in [-0.4, -0.2) is 45.1 Å². The zero-order chi connectivity index (χ0) is 18.0. The smallest absolute Gasteiger partial charge is 0.223 e. The molecule has 2 fully saturated rings. The number of aryl methyl sites for hydroxylation is 1. The third-order valence-corrected chi connectivity index (χ3v) is 5.94. The number of hydrogen-bond acceptors (Lipinski definition) is 4. The SMILES string of the molecule is C[C@@H]1C[C@H]1c1ccc(CCC(=O)N2CCC[C@H](CNS(C)(=O)=O)C2)o1. The third kappa shape index (κ3) is 5.31. The van der Waals surface area contributed by atoms with E-state index in [1.165, 1.54) is 12.7 Å². The Labute approximate surface area is 150 Å². The van der Waals surface area contributed by atoms with Gasteiger partial charge in [-0.3, -0.25) is 4.79 Å². The molecule has 3 atom stereocenters. The van der Waals surface area contributed by atoms with Gasteiger partial charge in [0, 0.05) is 38.4 Å². The Morgan fingerprint density at radius 1 is 1.40 bits per heavy atom. The van der Waals surface area contributed by atoms with E-state index in [4.69, 9.17) is 4.42 Å². The van der Waals surface area contributed by atoms with Gasteiger partial charge in [0.2, 0.25) is 15.9 Å². The average molecular weight is 368 g/mol. The minimum Gasteiger partial charge on any atom is -0.466 e. The summed E-state index contributed by atoms with van der Waals surface area (Å²) in [6.45, 7) is 4.02. The number of likely N-dealkylation sites (tertiary alicyclic amines) is 1. The van der Waals surface area contributed by atoms with Crippen LogP contribution in [0, 0.1) is 11.8 Å². The van der Waals surface area contributed by atoms with E-state index in [1.54, 1.807) is 0 Å². The first-order chi connectivity index (χ1) is 11.8. The van der Waals surface area contributed by atoms with E-state index in [0.29, 0.717) is 37.8 Å². The normalized spacial score (nSPS) is 26.6. The molecule has 1 N–H and O–H groups in total. The molecule has 0 aromatic carbocycles. The second kappa shape index (κ2) is 7.50. The van der Waals surface area contributed by atoms with Gasteiger partial charge in [0.05, 0.1) is 6.26 Å². The molecule has 2 heterocycles. The molecule has 25 heavy (non-hydrogen) atoms. The van der Waals surface area contributed by atoms with Gasteiger partial charge in [0.1, 0.15) is 11.5 Å². The average Bonchev–Trinajstić information content (AvgIpc) is 3.11. The number of carbonyl (C=O) groups excluding carboxylic acids is 1. The lowest BCUT2D eigenvalue weighted by Crippen LogP contribution is -2.43. The van der Waals surface area contributed by atoms with Crippen LogP contribution in [0.1, 0.15) is 50.0 Å². The first-order valence-corrected chi connectivity index (χ1v) is 11.0. The van der Waals surface area contributed by atoms with Gasteiger partial charge in [-0.25, -0.2) is 13.1 Å². The summed E-state index contributed by atoms with van der Waals surface area (Å²) in [6.07, 6.45) is 5.31. The van der Waals surface area contributed by atoms with E-state index < -0.39 is 10.0 Å². The Balaban J connectivity index is 1.45. The number of furan rings is 1. The number of nitrogens with zero attached hydrogens (tertiary/aromatic N) is 1. The van der Waals surface area contributed by atoms with Crippen LogP contribution < -0.4 is 4.72 Å². The van der Waals surface area contributed by atoms with Gasteiger partial charge in [0.15, 0.2) is 0 Å². The molecule has 1 saturated heterocycles. The summed E-state index contributed by atoms with van der Waals surface area (Å²) in [5, 5.41) is 0. The van der Waals surface area contributed by atoms with E-state index in [1.807, 2.05) is 17.0 Å². The largest absolute Gasteiger partial charge is 0.466 e. The molecule has 6 nitrogen and oxygen atoms in total. The molecule has 1 aliphatic carbocycles. The monoisotopic (exact) mass is 368 g/mol. The highest BCUT2D eigenvalue weighted by atomic mass is 32.2. The van der Waals surface area contributed by atoms with Crippen molar-refractivity contribution in [2.24, 2.45) is 11.8 Å². The van der Waals surface area contributed by atoms with Crippen molar-refractivity contribution in [1.29, 1.82) is 0 Å². The van der Waals surface area contributed by atoms with E-state index in [9.17, 15) is 13.2 Å². The van der Waals surface area contributed by atoms with Crippen molar-refractivity contribution in [3.63, 3.8) is 0 Å². The van der Waals surface area contributed by atoms with Gasteiger partial charge in [-0.2, -0.15) is 0 Å².